The predicted molar refractivity (Wildman–Crippen MR) is 89.7 cm³/mol. The van der Waals surface area contributed by atoms with E-state index >= 15 is 0 Å². The topological polar surface area (TPSA) is 67.4 Å². The largest absolute Gasteiger partial charge is 0.373 e. The minimum atomic E-state index is -0.120. The first-order valence-corrected chi connectivity index (χ1v) is 9.29. The van der Waals surface area contributed by atoms with E-state index in [0.29, 0.717) is 12.2 Å². The molecule has 1 saturated heterocycles. The van der Waals surface area contributed by atoms with E-state index in [2.05, 4.69) is 33.7 Å². The maximum absolute atomic E-state index is 12.3. The number of hydrogen-bond donors (Lipinski definition) is 1. The van der Waals surface area contributed by atoms with E-state index in [4.69, 9.17) is 4.74 Å². The number of nitrogens with zero attached hydrogens (tertiary/aromatic N) is 3. The second-order valence-electron chi connectivity index (χ2n) is 7.29. The lowest BCUT2D eigenvalue weighted by Crippen LogP contribution is -2.63. The summed E-state index contributed by atoms with van der Waals surface area (Å²) in [5, 5.41) is 8.66. The molecular weight excluding hydrogens is 312 g/mol. The molecule has 2 aliphatic rings. The summed E-state index contributed by atoms with van der Waals surface area (Å²) in [4.78, 5) is 14.8. The third-order valence-electron chi connectivity index (χ3n) is 5.05. The number of rotatable bonds is 4. The average molecular weight is 338 g/mol. The molecule has 0 atom stereocenters. The number of carbonyl (C=O) groups excluding carboxylic acids is 1. The van der Waals surface area contributed by atoms with Crippen LogP contribution in [0.2, 0.25) is 0 Å². The van der Waals surface area contributed by atoms with Crippen LogP contribution in [0.4, 0.5) is 0 Å². The smallest absolute Gasteiger partial charge is 0.272 e. The van der Waals surface area contributed by atoms with Crippen LogP contribution < -0.4 is 5.32 Å². The zero-order chi connectivity index (χ0) is 16.3. The molecule has 0 aromatic carbocycles. The summed E-state index contributed by atoms with van der Waals surface area (Å²) >= 11 is 1.21. The number of ether oxygens (including phenoxy) is 1. The summed E-state index contributed by atoms with van der Waals surface area (Å²) in [6.07, 6.45) is 6.02. The molecule has 1 N–H and O–H groups in total. The Bertz CT molecular complexity index is 526. The van der Waals surface area contributed by atoms with Crippen LogP contribution in [0.3, 0.4) is 0 Å². The van der Waals surface area contributed by atoms with Crippen LogP contribution in [0.15, 0.2) is 5.38 Å². The summed E-state index contributed by atoms with van der Waals surface area (Å²) in [6.45, 7) is 7.60. The second kappa shape index (κ2) is 6.83. The Hall–Kier alpha value is -1.05. The van der Waals surface area contributed by atoms with Crippen molar-refractivity contribution in [3.8, 4) is 0 Å². The molecule has 1 aromatic rings. The summed E-state index contributed by atoms with van der Waals surface area (Å²) < 4.78 is 9.64. The Labute approximate surface area is 141 Å². The van der Waals surface area contributed by atoms with E-state index in [-0.39, 0.29) is 17.0 Å². The maximum atomic E-state index is 12.3. The first-order valence-electron chi connectivity index (χ1n) is 8.45. The van der Waals surface area contributed by atoms with Gasteiger partial charge in [0.25, 0.3) is 5.91 Å². The van der Waals surface area contributed by atoms with Crippen LogP contribution >= 0.6 is 11.5 Å². The van der Waals surface area contributed by atoms with Crippen molar-refractivity contribution in [1.82, 2.24) is 19.8 Å². The summed E-state index contributed by atoms with van der Waals surface area (Å²) in [7, 11) is 0. The number of aromatic nitrogens is 2. The Morgan fingerprint density at radius 2 is 2.17 bits per heavy atom. The third-order valence-corrected chi connectivity index (χ3v) is 5.56. The van der Waals surface area contributed by atoms with Crippen molar-refractivity contribution in [3.05, 3.63) is 11.1 Å². The van der Waals surface area contributed by atoms with E-state index in [1.807, 2.05) is 0 Å². The van der Waals surface area contributed by atoms with Crippen molar-refractivity contribution < 1.29 is 9.53 Å². The van der Waals surface area contributed by atoms with Gasteiger partial charge in [0, 0.05) is 30.6 Å². The van der Waals surface area contributed by atoms with Gasteiger partial charge < -0.3 is 10.1 Å². The van der Waals surface area contributed by atoms with Gasteiger partial charge in [-0.2, -0.15) is 0 Å². The molecule has 1 aliphatic heterocycles. The molecule has 0 bridgehead atoms. The summed E-state index contributed by atoms with van der Waals surface area (Å²) in [6, 6.07) is 0. The Morgan fingerprint density at radius 3 is 2.83 bits per heavy atom. The maximum Gasteiger partial charge on any atom is 0.272 e. The lowest BCUT2D eigenvalue weighted by atomic mass is 9.79. The van der Waals surface area contributed by atoms with E-state index < -0.39 is 0 Å². The van der Waals surface area contributed by atoms with Gasteiger partial charge in [-0.1, -0.05) is 23.8 Å². The third kappa shape index (κ3) is 3.89. The van der Waals surface area contributed by atoms with Gasteiger partial charge in [-0.3, -0.25) is 9.69 Å². The van der Waals surface area contributed by atoms with Gasteiger partial charge in [0.1, 0.15) is 0 Å². The number of hydrogen-bond acceptors (Lipinski definition) is 6. The Kier molecular flexibility index (Phi) is 4.98. The fraction of sp³-hybridized carbons (Fsp3) is 0.812. The fourth-order valence-corrected chi connectivity index (χ4v) is 4.27. The zero-order valence-electron chi connectivity index (χ0n) is 14.0. The van der Waals surface area contributed by atoms with Crippen molar-refractivity contribution in [2.75, 3.05) is 26.2 Å². The molecule has 0 radical (unpaired) electrons. The minimum absolute atomic E-state index is 0.0540. The summed E-state index contributed by atoms with van der Waals surface area (Å²) in [5.74, 6) is -0.115. The lowest BCUT2D eigenvalue weighted by Gasteiger charge is -2.51. The molecule has 1 aliphatic carbocycles. The SMILES string of the molecule is CC1(C)CN(C2(CNC(=O)c3csnn3)CCCCC2)CCO1. The van der Waals surface area contributed by atoms with Crippen molar-refractivity contribution in [1.29, 1.82) is 0 Å². The lowest BCUT2D eigenvalue weighted by molar-refractivity contribution is -0.122. The molecule has 2 heterocycles. The highest BCUT2D eigenvalue weighted by Crippen LogP contribution is 2.36. The second-order valence-corrected chi connectivity index (χ2v) is 7.90. The predicted octanol–water partition coefficient (Wildman–Crippen LogP) is 2.08. The molecular formula is C16H26N4O2S. The number of morpholine rings is 1. The first-order chi connectivity index (χ1) is 11.0. The van der Waals surface area contributed by atoms with Crippen LogP contribution in [-0.4, -0.2) is 57.8 Å². The van der Waals surface area contributed by atoms with E-state index in [0.717, 1.165) is 32.5 Å². The van der Waals surface area contributed by atoms with Crippen LogP contribution in [0, 0.1) is 0 Å². The van der Waals surface area contributed by atoms with Crippen molar-refractivity contribution in [3.63, 3.8) is 0 Å². The van der Waals surface area contributed by atoms with Crippen molar-refractivity contribution in [2.45, 2.75) is 57.1 Å². The number of carbonyl (C=O) groups is 1. The molecule has 7 heteroatoms. The standard InChI is InChI=1S/C16H26N4O2S/c1-15(2)12-20(8-9-22-15)16(6-4-3-5-7-16)11-17-14(21)13-10-23-19-18-13/h10H,3-9,11-12H2,1-2H3,(H,17,21). The van der Waals surface area contributed by atoms with E-state index in [9.17, 15) is 4.79 Å². The van der Waals surface area contributed by atoms with Crippen LogP contribution in [0.5, 0.6) is 0 Å². The fourth-order valence-electron chi connectivity index (χ4n) is 3.83. The Balaban J connectivity index is 1.70. The average Bonchev–Trinajstić information content (AvgIpc) is 3.07. The molecule has 128 valence electrons. The number of amides is 1. The molecule has 2 fully saturated rings. The molecule has 1 amide bonds. The zero-order valence-corrected chi connectivity index (χ0v) is 14.8. The monoisotopic (exact) mass is 338 g/mol. The van der Waals surface area contributed by atoms with Gasteiger partial charge in [0.05, 0.1) is 12.2 Å². The molecule has 1 aromatic heterocycles. The minimum Gasteiger partial charge on any atom is -0.373 e. The highest BCUT2D eigenvalue weighted by atomic mass is 32.1. The van der Waals surface area contributed by atoms with Gasteiger partial charge >= 0.3 is 0 Å². The highest BCUT2D eigenvalue weighted by Gasteiger charge is 2.42. The molecule has 0 spiro atoms. The van der Waals surface area contributed by atoms with Gasteiger partial charge in [0.2, 0.25) is 0 Å². The van der Waals surface area contributed by atoms with E-state index in [1.54, 1.807) is 5.38 Å². The molecule has 6 nitrogen and oxygen atoms in total. The van der Waals surface area contributed by atoms with Gasteiger partial charge in [-0.15, -0.1) is 5.10 Å². The summed E-state index contributed by atoms with van der Waals surface area (Å²) in [5.41, 5.74) is 0.354. The van der Waals surface area contributed by atoms with Crippen molar-refractivity contribution >= 4 is 17.4 Å². The van der Waals surface area contributed by atoms with Gasteiger partial charge in [-0.25, -0.2) is 0 Å². The quantitative estimate of drug-likeness (QED) is 0.910. The highest BCUT2D eigenvalue weighted by molar-refractivity contribution is 7.03. The molecule has 3 rings (SSSR count). The first kappa shape index (κ1) is 16.8. The molecule has 1 saturated carbocycles. The normalized spacial score (nSPS) is 24.3. The molecule has 0 unspecified atom stereocenters. The van der Waals surface area contributed by atoms with Crippen LogP contribution in [0.25, 0.3) is 0 Å². The van der Waals surface area contributed by atoms with Crippen molar-refractivity contribution in [2.24, 2.45) is 0 Å². The van der Waals surface area contributed by atoms with Crippen LogP contribution in [-0.2, 0) is 4.74 Å². The van der Waals surface area contributed by atoms with Crippen LogP contribution in [0.1, 0.15) is 56.4 Å². The number of nitrogens with one attached hydrogen (secondary N) is 1. The Morgan fingerprint density at radius 1 is 1.39 bits per heavy atom. The van der Waals surface area contributed by atoms with Gasteiger partial charge in [-0.05, 0) is 38.2 Å². The van der Waals surface area contributed by atoms with E-state index in [1.165, 1.54) is 30.8 Å². The van der Waals surface area contributed by atoms with Gasteiger partial charge in [0.15, 0.2) is 5.69 Å². The molecule has 23 heavy (non-hydrogen) atoms.